The van der Waals surface area contributed by atoms with Crippen LogP contribution in [-0.2, 0) is 4.79 Å². The van der Waals surface area contributed by atoms with Gasteiger partial charge in [0.1, 0.15) is 0 Å². The molecule has 142 valence electrons. The van der Waals surface area contributed by atoms with E-state index in [2.05, 4.69) is 28.5 Å². The third-order valence-corrected chi connectivity index (χ3v) is 6.02. The first-order chi connectivity index (χ1) is 12.5. The van der Waals surface area contributed by atoms with Gasteiger partial charge < -0.3 is 9.80 Å². The summed E-state index contributed by atoms with van der Waals surface area (Å²) in [7, 11) is 0. The second-order valence-electron chi connectivity index (χ2n) is 7.65. The normalized spacial score (nSPS) is 22.5. The van der Waals surface area contributed by atoms with Crippen molar-refractivity contribution in [2.75, 3.05) is 44.2 Å². The number of hydrogen-bond acceptors (Lipinski definition) is 4. The lowest BCUT2D eigenvalue weighted by molar-refractivity contribution is -0.136. The van der Waals surface area contributed by atoms with E-state index in [0.29, 0.717) is 11.9 Å². The van der Waals surface area contributed by atoms with Crippen LogP contribution in [0.4, 0.5) is 5.69 Å². The molecule has 26 heavy (non-hydrogen) atoms. The molecule has 5 nitrogen and oxygen atoms in total. The monoisotopic (exact) mass is 357 g/mol. The van der Waals surface area contributed by atoms with Crippen LogP contribution in [0, 0.1) is 5.92 Å². The number of amides is 1. The van der Waals surface area contributed by atoms with Crippen LogP contribution in [0.15, 0.2) is 24.3 Å². The maximum Gasteiger partial charge on any atom is 0.227 e. The Morgan fingerprint density at radius 3 is 2.31 bits per heavy atom. The topological polar surface area (TPSA) is 43.9 Å². The summed E-state index contributed by atoms with van der Waals surface area (Å²) in [6.07, 6.45) is 2.08. The van der Waals surface area contributed by atoms with Gasteiger partial charge in [-0.2, -0.15) is 0 Å². The van der Waals surface area contributed by atoms with Gasteiger partial charge in [-0.05, 0) is 51.0 Å². The molecule has 1 unspecified atom stereocenters. The highest BCUT2D eigenvalue weighted by Gasteiger charge is 2.33. The summed E-state index contributed by atoms with van der Waals surface area (Å²) in [5.74, 6) is 0.497. The molecule has 2 fully saturated rings. The summed E-state index contributed by atoms with van der Waals surface area (Å²) < 4.78 is 0. The molecule has 0 aliphatic carbocycles. The van der Waals surface area contributed by atoms with E-state index in [1.807, 2.05) is 24.3 Å². The average molecular weight is 357 g/mol. The molecule has 2 heterocycles. The molecule has 5 heteroatoms. The van der Waals surface area contributed by atoms with Crippen LogP contribution in [0.3, 0.4) is 0 Å². The van der Waals surface area contributed by atoms with Gasteiger partial charge in [0.15, 0.2) is 5.78 Å². The van der Waals surface area contributed by atoms with Gasteiger partial charge in [-0.1, -0.05) is 6.92 Å². The van der Waals surface area contributed by atoms with Crippen LogP contribution in [0.25, 0.3) is 0 Å². The average Bonchev–Trinajstić information content (AvgIpc) is 3.17. The van der Waals surface area contributed by atoms with Crippen molar-refractivity contribution in [1.82, 2.24) is 9.80 Å². The fourth-order valence-electron chi connectivity index (χ4n) is 4.00. The van der Waals surface area contributed by atoms with Crippen molar-refractivity contribution in [2.24, 2.45) is 5.92 Å². The van der Waals surface area contributed by atoms with Gasteiger partial charge in [-0.25, -0.2) is 0 Å². The van der Waals surface area contributed by atoms with Crippen molar-refractivity contribution >= 4 is 17.4 Å². The van der Waals surface area contributed by atoms with E-state index in [4.69, 9.17) is 0 Å². The van der Waals surface area contributed by atoms with Crippen LogP contribution in [0.1, 0.15) is 44.0 Å². The first-order valence-electron chi connectivity index (χ1n) is 9.88. The molecule has 1 aromatic carbocycles. The number of carbonyl (C=O) groups excluding carboxylic acids is 2. The Morgan fingerprint density at radius 1 is 1.08 bits per heavy atom. The largest absolute Gasteiger partial charge is 0.371 e. The molecule has 0 aromatic heterocycles. The number of nitrogens with zero attached hydrogens (tertiary/aromatic N) is 3. The molecule has 0 saturated carbocycles. The molecule has 0 spiro atoms. The molecule has 2 aliphatic rings. The number of rotatable bonds is 5. The Labute approximate surface area is 156 Å². The van der Waals surface area contributed by atoms with Gasteiger partial charge in [0.25, 0.3) is 0 Å². The number of anilines is 1. The molecule has 2 atom stereocenters. The summed E-state index contributed by atoms with van der Waals surface area (Å²) in [6, 6.07) is 8.34. The van der Waals surface area contributed by atoms with Gasteiger partial charge in [0, 0.05) is 56.6 Å². The highest BCUT2D eigenvalue weighted by molar-refractivity contribution is 5.94. The van der Waals surface area contributed by atoms with E-state index in [0.717, 1.165) is 63.4 Å². The standard InChI is InChI=1S/C21H31N3O2/c1-4-16(2)22-11-13-23(14-12-22)21(26)19-9-10-24(15-19)20-7-5-18(6-8-20)17(3)25/h5-8,16,19H,4,9-15H2,1-3H3/t16?,19-/m0/s1. The zero-order valence-corrected chi connectivity index (χ0v) is 16.3. The third-order valence-electron chi connectivity index (χ3n) is 6.02. The number of carbonyl (C=O) groups is 2. The van der Waals surface area contributed by atoms with Crippen LogP contribution in [-0.4, -0.2) is 66.8 Å². The predicted molar refractivity (Wildman–Crippen MR) is 105 cm³/mol. The first kappa shape index (κ1) is 18.9. The lowest BCUT2D eigenvalue weighted by atomic mass is 10.1. The van der Waals surface area contributed by atoms with E-state index in [-0.39, 0.29) is 11.7 Å². The molecule has 0 N–H and O–H groups in total. The summed E-state index contributed by atoms with van der Waals surface area (Å²) in [6.45, 7) is 11.4. The maximum atomic E-state index is 12.9. The minimum absolute atomic E-state index is 0.0857. The van der Waals surface area contributed by atoms with Crippen LogP contribution >= 0.6 is 0 Å². The SMILES string of the molecule is CCC(C)N1CCN(C(=O)[C@H]2CCN(c3ccc(C(C)=O)cc3)C2)CC1. The Bertz CT molecular complexity index is 635. The summed E-state index contributed by atoms with van der Waals surface area (Å²) in [5.41, 5.74) is 1.84. The zero-order valence-electron chi connectivity index (χ0n) is 16.3. The summed E-state index contributed by atoms with van der Waals surface area (Å²) in [4.78, 5) is 31.1. The van der Waals surface area contributed by atoms with Crippen LogP contribution in [0.5, 0.6) is 0 Å². The molecule has 0 radical (unpaired) electrons. The van der Waals surface area contributed by atoms with Gasteiger partial charge in [-0.15, -0.1) is 0 Å². The molecule has 0 bridgehead atoms. The molecule has 2 aliphatic heterocycles. The van der Waals surface area contributed by atoms with Crippen molar-refractivity contribution in [3.63, 3.8) is 0 Å². The van der Waals surface area contributed by atoms with E-state index >= 15 is 0 Å². The molecule has 1 amide bonds. The highest BCUT2D eigenvalue weighted by Crippen LogP contribution is 2.26. The van der Waals surface area contributed by atoms with Crippen molar-refractivity contribution < 1.29 is 9.59 Å². The van der Waals surface area contributed by atoms with Crippen molar-refractivity contribution in [1.29, 1.82) is 0 Å². The lowest BCUT2D eigenvalue weighted by Crippen LogP contribution is -2.52. The fourth-order valence-corrected chi connectivity index (χ4v) is 4.00. The fraction of sp³-hybridized carbons (Fsp3) is 0.619. The highest BCUT2D eigenvalue weighted by atomic mass is 16.2. The van der Waals surface area contributed by atoms with E-state index in [1.54, 1.807) is 6.92 Å². The lowest BCUT2D eigenvalue weighted by Gasteiger charge is -2.38. The van der Waals surface area contributed by atoms with Gasteiger partial charge in [-0.3, -0.25) is 14.5 Å². The number of piperazine rings is 1. The molecular weight excluding hydrogens is 326 g/mol. The number of hydrogen-bond donors (Lipinski definition) is 0. The van der Waals surface area contributed by atoms with Crippen molar-refractivity contribution in [3.05, 3.63) is 29.8 Å². The molecular formula is C21H31N3O2. The molecule has 1 aromatic rings. The van der Waals surface area contributed by atoms with Crippen molar-refractivity contribution in [3.8, 4) is 0 Å². The Morgan fingerprint density at radius 2 is 1.73 bits per heavy atom. The Hall–Kier alpha value is -1.88. The quantitative estimate of drug-likeness (QED) is 0.760. The predicted octanol–water partition coefficient (Wildman–Crippen LogP) is 2.66. The summed E-state index contributed by atoms with van der Waals surface area (Å²) >= 11 is 0. The van der Waals surface area contributed by atoms with Crippen LogP contribution in [0.2, 0.25) is 0 Å². The van der Waals surface area contributed by atoms with Crippen molar-refractivity contribution in [2.45, 2.75) is 39.7 Å². The number of benzene rings is 1. The minimum atomic E-state index is 0.0857. The second-order valence-corrected chi connectivity index (χ2v) is 7.65. The summed E-state index contributed by atoms with van der Waals surface area (Å²) in [5, 5.41) is 0. The van der Waals surface area contributed by atoms with Crippen LogP contribution < -0.4 is 4.90 Å². The second kappa shape index (κ2) is 8.21. The molecule has 3 rings (SSSR count). The van der Waals surface area contributed by atoms with Gasteiger partial charge >= 0.3 is 0 Å². The molecule has 2 saturated heterocycles. The third kappa shape index (κ3) is 4.09. The van der Waals surface area contributed by atoms with E-state index in [9.17, 15) is 9.59 Å². The Kier molecular flexibility index (Phi) is 5.97. The minimum Gasteiger partial charge on any atom is -0.371 e. The van der Waals surface area contributed by atoms with Gasteiger partial charge in [0.2, 0.25) is 5.91 Å². The van der Waals surface area contributed by atoms with E-state index in [1.165, 1.54) is 0 Å². The zero-order chi connectivity index (χ0) is 18.7. The number of Topliss-reactive ketones (excluding diaryl/α,β-unsaturated/α-hetero) is 1. The smallest absolute Gasteiger partial charge is 0.227 e. The number of ketones is 1. The first-order valence-corrected chi connectivity index (χ1v) is 9.88. The Balaban J connectivity index is 1.54. The maximum absolute atomic E-state index is 12.9. The van der Waals surface area contributed by atoms with Gasteiger partial charge in [0.05, 0.1) is 5.92 Å². The van der Waals surface area contributed by atoms with E-state index < -0.39 is 0 Å².